The molecule has 0 aliphatic carbocycles. The Balaban J connectivity index is 1.90. The first-order chi connectivity index (χ1) is 15.0. The maximum absolute atomic E-state index is 13.4. The number of hydrogen-bond donors (Lipinski definition) is 0. The van der Waals surface area contributed by atoms with Crippen molar-refractivity contribution in [2.75, 3.05) is 13.7 Å². The molecule has 1 fully saturated rings. The number of hydrogen-bond acceptors (Lipinski definition) is 3. The summed E-state index contributed by atoms with van der Waals surface area (Å²) in [5.41, 5.74) is -0.861. The molecule has 0 unspecified atom stereocenters. The van der Waals surface area contributed by atoms with E-state index < -0.39 is 35.5 Å². The van der Waals surface area contributed by atoms with Crippen molar-refractivity contribution in [1.82, 2.24) is 4.90 Å². The second kappa shape index (κ2) is 9.52. The van der Waals surface area contributed by atoms with Gasteiger partial charge in [0.2, 0.25) is 0 Å². The summed E-state index contributed by atoms with van der Waals surface area (Å²) in [5.74, 6) is -0.471. The Morgan fingerprint density at radius 2 is 1.66 bits per heavy atom. The lowest BCUT2D eigenvalue weighted by molar-refractivity contribution is -0.142. The predicted molar refractivity (Wildman–Crippen MR) is 105 cm³/mol. The largest absolute Gasteiger partial charge is 0.469 e. The van der Waals surface area contributed by atoms with E-state index in [0.29, 0.717) is 24.9 Å². The van der Waals surface area contributed by atoms with Gasteiger partial charge in [0.05, 0.1) is 18.2 Å². The average molecular weight is 459 g/mol. The maximum Gasteiger partial charge on any atom is 0.416 e. The molecule has 32 heavy (non-hydrogen) atoms. The van der Waals surface area contributed by atoms with Crippen molar-refractivity contribution >= 4 is 5.97 Å². The highest BCUT2D eigenvalue weighted by atomic mass is 19.4. The predicted octanol–water partition coefficient (Wildman–Crippen LogP) is 6.24. The number of alkyl halides is 6. The first kappa shape index (κ1) is 24.1. The molecule has 1 heterocycles. The first-order valence-corrected chi connectivity index (χ1v) is 10.1. The van der Waals surface area contributed by atoms with Crippen LogP contribution in [-0.2, 0) is 28.4 Å². The summed E-state index contributed by atoms with van der Waals surface area (Å²) in [7, 11) is 1.28. The van der Waals surface area contributed by atoms with Gasteiger partial charge >= 0.3 is 18.3 Å². The van der Waals surface area contributed by atoms with Gasteiger partial charge in [-0.15, -0.1) is 0 Å². The van der Waals surface area contributed by atoms with Crippen LogP contribution >= 0.6 is 0 Å². The van der Waals surface area contributed by atoms with Gasteiger partial charge in [-0.2, -0.15) is 26.3 Å². The Labute approximate surface area is 182 Å². The Morgan fingerprint density at radius 1 is 1.00 bits per heavy atom. The normalized spacial score (nSPS) is 20.2. The zero-order chi connectivity index (χ0) is 23.5. The van der Waals surface area contributed by atoms with Crippen LogP contribution in [0.15, 0.2) is 48.5 Å². The molecule has 0 amide bonds. The van der Waals surface area contributed by atoms with Crippen molar-refractivity contribution in [3.63, 3.8) is 0 Å². The van der Waals surface area contributed by atoms with Crippen LogP contribution in [0, 0.1) is 5.92 Å². The van der Waals surface area contributed by atoms with E-state index in [1.807, 2.05) is 4.90 Å². The van der Waals surface area contributed by atoms with Crippen molar-refractivity contribution in [1.29, 1.82) is 0 Å². The third kappa shape index (κ3) is 5.82. The number of carbonyl (C=O) groups is 1. The minimum Gasteiger partial charge on any atom is -0.469 e. The van der Waals surface area contributed by atoms with Crippen LogP contribution in [0.25, 0.3) is 0 Å². The number of methoxy groups -OCH3 is 1. The average Bonchev–Trinajstić information content (AvgIpc) is 2.74. The van der Waals surface area contributed by atoms with E-state index >= 15 is 0 Å². The Hall–Kier alpha value is -2.55. The van der Waals surface area contributed by atoms with Crippen molar-refractivity contribution in [2.24, 2.45) is 5.92 Å². The van der Waals surface area contributed by atoms with Crippen LogP contribution < -0.4 is 0 Å². The van der Waals surface area contributed by atoms with Gasteiger partial charge in [0.1, 0.15) is 0 Å². The lowest BCUT2D eigenvalue weighted by atomic mass is 9.84. The second-order valence-electron chi connectivity index (χ2n) is 7.93. The number of benzene rings is 2. The molecular formula is C23H23F6NO2. The van der Waals surface area contributed by atoms with Crippen LogP contribution in [0.2, 0.25) is 0 Å². The Morgan fingerprint density at radius 3 is 2.25 bits per heavy atom. The van der Waals surface area contributed by atoms with Crippen molar-refractivity contribution in [3.8, 4) is 0 Å². The standard InChI is InChI=1S/C23H23F6NO2/c1-32-21(31)13-15-10-11-30(14-17-4-2-3-5-19(17)23(27,28)29)20(12-15)16-6-8-18(9-7-16)22(24,25)26/h2-9,15,20H,10-14H2,1H3/t15-,20+/m1/s1. The fraction of sp³-hybridized carbons (Fsp3) is 0.435. The molecule has 0 N–H and O–H groups in total. The number of nitrogens with zero attached hydrogens (tertiary/aromatic N) is 1. The third-order valence-corrected chi connectivity index (χ3v) is 5.82. The molecular weight excluding hydrogens is 436 g/mol. The van der Waals surface area contributed by atoms with Crippen LogP contribution in [-0.4, -0.2) is 24.5 Å². The molecule has 0 aromatic heterocycles. The number of carbonyl (C=O) groups excluding carboxylic acids is 1. The summed E-state index contributed by atoms with van der Waals surface area (Å²) >= 11 is 0. The van der Waals surface area contributed by atoms with Crippen LogP contribution in [0.1, 0.15) is 47.6 Å². The van der Waals surface area contributed by atoms with Gasteiger partial charge in [-0.1, -0.05) is 30.3 Å². The van der Waals surface area contributed by atoms with Gasteiger partial charge in [-0.05, 0) is 54.6 Å². The minimum absolute atomic E-state index is 0.00762. The van der Waals surface area contributed by atoms with Gasteiger partial charge in [0, 0.05) is 19.0 Å². The van der Waals surface area contributed by atoms with E-state index in [-0.39, 0.29) is 24.4 Å². The molecule has 0 saturated carbocycles. The van der Waals surface area contributed by atoms with E-state index in [2.05, 4.69) is 0 Å². The summed E-state index contributed by atoms with van der Waals surface area (Å²) in [5, 5.41) is 0. The topological polar surface area (TPSA) is 29.5 Å². The summed E-state index contributed by atoms with van der Waals surface area (Å²) in [6.45, 7) is 0.395. The second-order valence-corrected chi connectivity index (χ2v) is 7.93. The van der Waals surface area contributed by atoms with Gasteiger partial charge in [-0.25, -0.2) is 0 Å². The van der Waals surface area contributed by atoms with Crippen LogP contribution in [0.5, 0.6) is 0 Å². The van der Waals surface area contributed by atoms with Crippen LogP contribution in [0.3, 0.4) is 0 Å². The molecule has 0 spiro atoms. The molecule has 1 saturated heterocycles. The molecule has 9 heteroatoms. The maximum atomic E-state index is 13.4. The summed E-state index contributed by atoms with van der Waals surface area (Å²) in [6, 6.07) is 9.51. The fourth-order valence-corrected chi connectivity index (χ4v) is 4.18. The van der Waals surface area contributed by atoms with Gasteiger partial charge < -0.3 is 4.74 Å². The molecule has 0 bridgehead atoms. The quantitative estimate of drug-likeness (QED) is 0.392. The molecule has 3 nitrogen and oxygen atoms in total. The van der Waals surface area contributed by atoms with E-state index in [9.17, 15) is 31.1 Å². The Kier molecular flexibility index (Phi) is 7.17. The van der Waals surface area contributed by atoms with E-state index in [4.69, 9.17) is 4.74 Å². The Bertz CT molecular complexity index is 923. The SMILES string of the molecule is COC(=O)C[C@@H]1CCN(Cc2ccccc2C(F)(F)F)[C@H](c2ccc(C(F)(F)F)cc2)C1. The first-order valence-electron chi connectivity index (χ1n) is 10.1. The zero-order valence-corrected chi connectivity index (χ0v) is 17.3. The highest BCUT2D eigenvalue weighted by Gasteiger charge is 2.36. The molecule has 0 radical (unpaired) electrons. The fourth-order valence-electron chi connectivity index (χ4n) is 4.18. The van der Waals surface area contributed by atoms with Gasteiger partial charge in [0.15, 0.2) is 0 Å². The van der Waals surface area contributed by atoms with Crippen molar-refractivity contribution < 1.29 is 35.9 Å². The van der Waals surface area contributed by atoms with Crippen molar-refractivity contribution in [3.05, 3.63) is 70.8 Å². The van der Waals surface area contributed by atoms with E-state index in [1.54, 1.807) is 0 Å². The number of rotatable bonds is 5. The molecule has 3 rings (SSSR count). The minimum atomic E-state index is -4.51. The molecule has 2 aromatic carbocycles. The summed E-state index contributed by atoms with van der Waals surface area (Å²) < 4.78 is 83.9. The highest BCUT2D eigenvalue weighted by molar-refractivity contribution is 5.69. The van der Waals surface area contributed by atoms with Crippen LogP contribution in [0.4, 0.5) is 26.3 Å². The summed E-state index contributed by atoms with van der Waals surface area (Å²) in [6.07, 6.45) is -7.84. The third-order valence-electron chi connectivity index (χ3n) is 5.82. The molecule has 1 aliphatic rings. The number of halogens is 6. The summed E-state index contributed by atoms with van der Waals surface area (Å²) in [4.78, 5) is 13.6. The zero-order valence-electron chi connectivity index (χ0n) is 17.3. The highest BCUT2D eigenvalue weighted by Crippen LogP contribution is 2.40. The smallest absolute Gasteiger partial charge is 0.416 e. The van der Waals surface area contributed by atoms with E-state index in [0.717, 1.165) is 18.2 Å². The molecule has 2 atom stereocenters. The van der Waals surface area contributed by atoms with E-state index in [1.165, 1.54) is 37.4 Å². The van der Waals surface area contributed by atoms with Crippen molar-refractivity contribution in [2.45, 2.75) is 44.2 Å². The monoisotopic (exact) mass is 459 g/mol. The lowest BCUT2D eigenvalue weighted by Gasteiger charge is -2.40. The molecule has 2 aromatic rings. The molecule has 174 valence electrons. The number of piperidine rings is 1. The van der Waals surface area contributed by atoms with Gasteiger partial charge in [0.25, 0.3) is 0 Å². The van der Waals surface area contributed by atoms with Gasteiger partial charge in [-0.3, -0.25) is 9.69 Å². The number of esters is 1. The molecule has 1 aliphatic heterocycles. The number of likely N-dealkylation sites (tertiary alicyclic amines) is 1. The lowest BCUT2D eigenvalue weighted by Crippen LogP contribution is -2.37. The number of ether oxygens (including phenoxy) is 1.